The molecule has 1 amide bonds. The summed E-state index contributed by atoms with van der Waals surface area (Å²) in [5.74, 6) is -2.20. The van der Waals surface area contributed by atoms with E-state index in [1.807, 2.05) is 6.92 Å². The van der Waals surface area contributed by atoms with E-state index in [2.05, 4.69) is 0 Å². The summed E-state index contributed by atoms with van der Waals surface area (Å²) in [7, 11) is -2.43. The lowest BCUT2D eigenvalue weighted by molar-refractivity contribution is -0.137. The molecule has 9 heteroatoms. The topological polar surface area (TPSA) is 115 Å². The maximum atomic E-state index is 13.0. The van der Waals surface area contributed by atoms with Crippen molar-refractivity contribution in [2.75, 3.05) is 20.1 Å². The Morgan fingerprint density at radius 1 is 1.32 bits per heavy atom. The number of unbranched alkanes of at least 4 members (excludes halogenated alkanes) is 1. The Kier molecular flexibility index (Phi) is 5.69. The first-order valence-electron chi connectivity index (χ1n) is 8.03. The molecule has 0 aliphatic carbocycles. The van der Waals surface area contributed by atoms with Crippen LogP contribution in [0.2, 0.25) is 0 Å². The van der Waals surface area contributed by atoms with Gasteiger partial charge in [0.05, 0.1) is 4.90 Å². The molecule has 1 aliphatic heterocycles. The van der Waals surface area contributed by atoms with Crippen LogP contribution in [0.4, 0.5) is 0 Å². The highest BCUT2D eigenvalue weighted by atomic mass is 32.2. The fourth-order valence-electron chi connectivity index (χ4n) is 2.83. The SMILES string of the molecule is CCCCC1C(=O)N(C)CCN1S(=O)(=O)c1ccc(O)c(C(=O)O)c1. The minimum Gasteiger partial charge on any atom is -0.507 e. The third kappa shape index (κ3) is 3.77. The first-order valence-corrected chi connectivity index (χ1v) is 9.47. The average Bonchev–Trinajstić information content (AvgIpc) is 2.55. The molecule has 138 valence electrons. The molecule has 0 radical (unpaired) electrons. The van der Waals surface area contributed by atoms with E-state index in [-0.39, 0.29) is 23.9 Å². The van der Waals surface area contributed by atoms with Gasteiger partial charge in [-0.2, -0.15) is 4.31 Å². The number of aromatic hydroxyl groups is 1. The van der Waals surface area contributed by atoms with Gasteiger partial charge in [0, 0.05) is 20.1 Å². The molecule has 1 aromatic rings. The van der Waals surface area contributed by atoms with Crippen LogP contribution in [0.1, 0.15) is 36.5 Å². The Balaban J connectivity index is 2.44. The van der Waals surface area contributed by atoms with Gasteiger partial charge in [-0.15, -0.1) is 0 Å². The highest BCUT2D eigenvalue weighted by Crippen LogP contribution is 2.28. The molecule has 25 heavy (non-hydrogen) atoms. The number of aromatic carboxylic acids is 1. The standard InChI is InChI=1S/C16H22N2O6S/c1-3-4-5-13-15(20)17(2)8-9-18(13)25(23,24)11-6-7-14(19)12(10-11)16(21)22/h6-7,10,13,19H,3-5,8-9H2,1-2H3,(H,21,22). The highest BCUT2D eigenvalue weighted by molar-refractivity contribution is 7.89. The molecule has 1 saturated heterocycles. The van der Waals surface area contributed by atoms with Gasteiger partial charge < -0.3 is 15.1 Å². The second kappa shape index (κ2) is 7.40. The van der Waals surface area contributed by atoms with Crippen molar-refractivity contribution in [3.05, 3.63) is 23.8 Å². The molecule has 2 rings (SSSR count). The number of piperazine rings is 1. The van der Waals surface area contributed by atoms with Crippen LogP contribution in [0.3, 0.4) is 0 Å². The van der Waals surface area contributed by atoms with Gasteiger partial charge in [-0.25, -0.2) is 13.2 Å². The molecule has 1 unspecified atom stereocenters. The van der Waals surface area contributed by atoms with Gasteiger partial charge in [0.15, 0.2) is 0 Å². The maximum absolute atomic E-state index is 13.0. The third-order valence-electron chi connectivity index (χ3n) is 4.30. The number of carbonyl (C=O) groups excluding carboxylic acids is 1. The number of amides is 1. The molecule has 8 nitrogen and oxygen atoms in total. The van der Waals surface area contributed by atoms with Gasteiger partial charge >= 0.3 is 5.97 Å². The molecular formula is C16H22N2O6S. The summed E-state index contributed by atoms with van der Waals surface area (Å²) in [4.78, 5) is 24.8. The lowest BCUT2D eigenvalue weighted by Gasteiger charge is -2.38. The smallest absolute Gasteiger partial charge is 0.339 e. The number of likely N-dealkylation sites (N-methyl/N-ethyl adjacent to an activating group) is 1. The normalized spacial score (nSPS) is 19.2. The number of hydrogen-bond acceptors (Lipinski definition) is 5. The lowest BCUT2D eigenvalue weighted by atomic mass is 10.1. The zero-order valence-corrected chi connectivity index (χ0v) is 15.0. The molecule has 0 saturated carbocycles. The van der Waals surface area contributed by atoms with Gasteiger partial charge in [-0.3, -0.25) is 4.79 Å². The molecular weight excluding hydrogens is 348 g/mol. The summed E-state index contributed by atoms with van der Waals surface area (Å²) in [5.41, 5.74) is -0.494. The second-order valence-corrected chi connectivity index (χ2v) is 7.91. The Morgan fingerprint density at radius 3 is 2.60 bits per heavy atom. The summed E-state index contributed by atoms with van der Waals surface area (Å²) in [6.07, 6.45) is 1.93. The van der Waals surface area contributed by atoms with Gasteiger partial charge in [0.25, 0.3) is 0 Å². The number of phenols is 1. The van der Waals surface area contributed by atoms with E-state index < -0.39 is 33.3 Å². The molecule has 1 aliphatic rings. The van der Waals surface area contributed by atoms with Gasteiger partial charge in [0.1, 0.15) is 17.4 Å². The van der Waals surface area contributed by atoms with E-state index in [1.165, 1.54) is 4.90 Å². The second-order valence-electron chi connectivity index (χ2n) is 6.02. The van der Waals surface area contributed by atoms with Crippen molar-refractivity contribution in [1.29, 1.82) is 0 Å². The number of rotatable bonds is 6. The Labute approximate surface area is 146 Å². The van der Waals surface area contributed by atoms with E-state index in [0.29, 0.717) is 12.8 Å². The number of carboxylic acid groups (broad SMARTS) is 1. The zero-order chi connectivity index (χ0) is 18.8. The molecule has 0 aromatic heterocycles. The van der Waals surface area contributed by atoms with Crippen molar-refractivity contribution in [2.24, 2.45) is 0 Å². The van der Waals surface area contributed by atoms with Crippen molar-refractivity contribution < 1.29 is 28.2 Å². The van der Waals surface area contributed by atoms with Crippen molar-refractivity contribution in [2.45, 2.75) is 37.1 Å². The number of benzene rings is 1. The van der Waals surface area contributed by atoms with Crippen molar-refractivity contribution in [3.63, 3.8) is 0 Å². The number of carbonyl (C=O) groups is 2. The van der Waals surface area contributed by atoms with Crippen LogP contribution in [-0.4, -0.2) is 65.9 Å². The summed E-state index contributed by atoms with van der Waals surface area (Å²) < 4.78 is 27.1. The first-order chi connectivity index (χ1) is 11.7. The van der Waals surface area contributed by atoms with Crippen LogP contribution in [-0.2, 0) is 14.8 Å². The Morgan fingerprint density at radius 2 is 2.00 bits per heavy atom. The van der Waals surface area contributed by atoms with Crippen molar-refractivity contribution >= 4 is 21.9 Å². The number of nitrogens with zero attached hydrogens (tertiary/aromatic N) is 2. The van der Waals surface area contributed by atoms with Crippen LogP contribution >= 0.6 is 0 Å². The lowest BCUT2D eigenvalue weighted by Crippen LogP contribution is -2.57. The monoisotopic (exact) mass is 370 g/mol. The van der Waals surface area contributed by atoms with E-state index in [0.717, 1.165) is 28.9 Å². The highest BCUT2D eigenvalue weighted by Gasteiger charge is 2.40. The van der Waals surface area contributed by atoms with Crippen LogP contribution in [0, 0.1) is 0 Å². The predicted octanol–water partition coefficient (Wildman–Crippen LogP) is 1.11. The predicted molar refractivity (Wildman–Crippen MR) is 89.9 cm³/mol. The number of sulfonamides is 1. The number of hydrogen-bond donors (Lipinski definition) is 2. The van der Waals surface area contributed by atoms with Crippen LogP contribution in [0.15, 0.2) is 23.1 Å². The fourth-order valence-corrected chi connectivity index (χ4v) is 4.46. The van der Waals surface area contributed by atoms with Crippen LogP contribution in [0.5, 0.6) is 5.75 Å². The third-order valence-corrected chi connectivity index (χ3v) is 6.21. The summed E-state index contributed by atoms with van der Waals surface area (Å²) in [6, 6.07) is 2.31. The fraction of sp³-hybridized carbons (Fsp3) is 0.500. The van der Waals surface area contributed by atoms with Gasteiger partial charge in [-0.1, -0.05) is 19.8 Å². The quantitative estimate of drug-likeness (QED) is 0.775. The van der Waals surface area contributed by atoms with Gasteiger partial charge in [0.2, 0.25) is 15.9 Å². The summed E-state index contributed by atoms with van der Waals surface area (Å²) in [6.45, 7) is 2.36. The van der Waals surface area contributed by atoms with Crippen molar-refractivity contribution in [3.8, 4) is 5.75 Å². The largest absolute Gasteiger partial charge is 0.507 e. The van der Waals surface area contributed by atoms with E-state index in [1.54, 1.807) is 7.05 Å². The molecule has 0 bridgehead atoms. The minimum atomic E-state index is -4.06. The van der Waals surface area contributed by atoms with Crippen molar-refractivity contribution in [1.82, 2.24) is 9.21 Å². The summed E-state index contributed by atoms with van der Waals surface area (Å²) in [5, 5.41) is 18.7. The molecule has 1 atom stereocenters. The minimum absolute atomic E-state index is 0.141. The average molecular weight is 370 g/mol. The summed E-state index contributed by atoms with van der Waals surface area (Å²) >= 11 is 0. The first kappa shape index (κ1) is 19.2. The molecule has 1 fully saturated rings. The maximum Gasteiger partial charge on any atom is 0.339 e. The van der Waals surface area contributed by atoms with E-state index in [9.17, 15) is 23.1 Å². The van der Waals surface area contributed by atoms with Crippen LogP contribution < -0.4 is 0 Å². The number of carboxylic acids is 1. The van der Waals surface area contributed by atoms with Crippen LogP contribution in [0.25, 0.3) is 0 Å². The van der Waals surface area contributed by atoms with Gasteiger partial charge in [-0.05, 0) is 24.6 Å². The Bertz CT molecular complexity index is 777. The molecule has 2 N–H and O–H groups in total. The molecule has 0 spiro atoms. The Hall–Kier alpha value is -2.13. The zero-order valence-electron chi connectivity index (χ0n) is 14.2. The molecule has 1 heterocycles. The van der Waals surface area contributed by atoms with E-state index >= 15 is 0 Å². The molecule has 1 aromatic carbocycles. The van der Waals surface area contributed by atoms with E-state index in [4.69, 9.17) is 5.11 Å².